The molecule has 2 aromatic rings. The minimum absolute atomic E-state index is 0.141. The lowest BCUT2D eigenvalue weighted by molar-refractivity contribution is -0.141. The third-order valence-electron chi connectivity index (χ3n) is 2.98. The molecule has 1 aliphatic rings. The SMILES string of the molecule is FC(F)(F)c1ccc(NC2COc3ccccc32)nn1. The highest BCUT2D eigenvalue weighted by molar-refractivity contribution is 5.45. The third kappa shape index (κ3) is 2.38. The van der Waals surface area contributed by atoms with E-state index in [9.17, 15) is 13.2 Å². The fourth-order valence-corrected chi connectivity index (χ4v) is 2.02. The Bertz CT molecular complexity index is 613. The molecule has 0 amide bonds. The Labute approximate surface area is 112 Å². The minimum Gasteiger partial charge on any atom is -0.491 e. The van der Waals surface area contributed by atoms with Crippen LogP contribution in [0.25, 0.3) is 0 Å². The predicted octanol–water partition coefficient (Wildman–Crippen LogP) is 3.04. The van der Waals surface area contributed by atoms with E-state index in [1.165, 1.54) is 6.07 Å². The van der Waals surface area contributed by atoms with Crippen molar-refractivity contribution < 1.29 is 17.9 Å². The van der Waals surface area contributed by atoms with Gasteiger partial charge in [0.25, 0.3) is 0 Å². The van der Waals surface area contributed by atoms with Gasteiger partial charge in [-0.2, -0.15) is 13.2 Å². The van der Waals surface area contributed by atoms with Crippen LogP contribution in [0.3, 0.4) is 0 Å². The zero-order valence-corrected chi connectivity index (χ0v) is 10.2. The molecular formula is C13H10F3N3O. The first kappa shape index (κ1) is 12.7. The number of hydrogen-bond acceptors (Lipinski definition) is 4. The largest absolute Gasteiger partial charge is 0.491 e. The van der Waals surface area contributed by atoms with Gasteiger partial charge in [0.1, 0.15) is 18.2 Å². The smallest absolute Gasteiger partial charge is 0.435 e. The number of fused-ring (bicyclic) bond motifs is 1. The standard InChI is InChI=1S/C13H10F3N3O/c14-13(15,16)11-5-6-12(19-18-11)17-9-7-20-10-4-2-1-3-8(9)10/h1-6,9H,7H2,(H,17,19). The molecule has 0 radical (unpaired) electrons. The number of aromatic nitrogens is 2. The number of hydrogen-bond donors (Lipinski definition) is 1. The van der Waals surface area contributed by atoms with Gasteiger partial charge >= 0.3 is 6.18 Å². The number of para-hydroxylation sites is 1. The maximum Gasteiger partial charge on any atom is 0.435 e. The number of ether oxygens (including phenoxy) is 1. The van der Waals surface area contributed by atoms with E-state index < -0.39 is 11.9 Å². The summed E-state index contributed by atoms with van der Waals surface area (Å²) in [6.07, 6.45) is -4.48. The Balaban J connectivity index is 1.76. The van der Waals surface area contributed by atoms with Gasteiger partial charge in [-0.15, -0.1) is 10.2 Å². The summed E-state index contributed by atoms with van der Waals surface area (Å²) >= 11 is 0. The molecule has 0 saturated heterocycles. The topological polar surface area (TPSA) is 47.0 Å². The van der Waals surface area contributed by atoms with Gasteiger partial charge in [-0.1, -0.05) is 18.2 Å². The molecule has 0 aliphatic carbocycles. The van der Waals surface area contributed by atoms with E-state index in [1.54, 1.807) is 0 Å². The van der Waals surface area contributed by atoms with Crippen molar-refractivity contribution in [2.24, 2.45) is 0 Å². The van der Waals surface area contributed by atoms with Crippen LogP contribution < -0.4 is 10.1 Å². The maximum absolute atomic E-state index is 12.4. The Kier molecular flexibility index (Phi) is 2.96. The summed E-state index contributed by atoms with van der Waals surface area (Å²) in [5, 5.41) is 9.72. The average Bonchev–Trinajstić information content (AvgIpc) is 2.82. The van der Waals surface area contributed by atoms with E-state index in [-0.39, 0.29) is 11.9 Å². The molecule has 7 heteroatoms. The number of alkyl halides is 3. The van der Waals surface area contributed by atoms with Gasteiger partial charge in [0.2, 0.25) is 0 Å². The monoisotopic (exact) mass is 281 g/mol. The molecule has 1 aromatic carbocycles. The lowest BCUT2D eigenvalue weighted by Gasteiger charge is -2.12. The van der Waals surface area contributed by atoms with Crippen LogP contribution in [0.4, 0.5) is 19.0 Å². The first-order chi connectivity index (χ1) is 9.54. The molecule has 1 aliphatic heterocycles. The number of benzene rings is 1. The van der Waals surface area contributed by atoms with Crippen LogP contribution in [0.5, 0.6) is 5.75 Å². The van der Waals surface area contributed by atoms with Crippen LogP contribution >= 0.6 is 0 Å². The lowest BCUT2D eigenvalue weighted by atomic mass is 10.1. The zero-order chi connectivity index (χ0) is 14.2. The van der Waals surface area contributed by atoms with Crippen LogP contribution in [-0.4, -0.2) is 16.8 Å². The van der Waals surface area contributed by atoms with Gasteiger partial charge in [-0.05, 0) is 18.2 Å². The predicted molar refractivity (Wildman–Crippen MR) is 65.3 cm³/mol. The van der Waals surface area contributed by atoms with E-state index in [1.807, 2.05) is 24.3 Å². The fourth-order valence-electron chi connectivity index (χ4n) is 2.02. The second-order valence-corrected chi connectivity index (χ2v) is 4.35. The molecular weight excluding hydrogens is 271 g/mol. The fraction of sp³-hybridized carbons (Fsp3) is 0.231. The molecule has 1 unspecified atom stereocenters. The van der Waals surface area contributed by atoms with E-state index in [0.717, 1.165) is 17.4 Å². The van der Waals surface area contributed by atoms with Crippen molar-refractivity contribution in [1.29, 1.82) is 0 Å². The third-order valence-corrected chi connectivity index (χ3v) is 2.98. The molecule has 2 heterocycles. The highest BCUT2D eigenvalue weighted by Crippen LogP contribution is 2.34. The van der Waals surface area contributed by atoms with Crippen LogP contribution in [0, 0.1) is 0 Å². The number of rotatable bonds is 2. The second kappa shape index (κ2) is 4.66. The Hall–Kier alpha value is -2.31. The number of anilines is 1. The molecule has 0 saturated carbocycles. The van der Waals surface area contributed by atoms with E-state index in [2.05, 4.69) is 15.5 Å². The van der Waals surface area contributed by atoms with Gasteiger partial charge in [0.05, 0.1) is 6.04 Å². The summed E-state index contributed by atoms with van der Waals surface area (Å²) in [7, 11) is 0. The summed E-state index contributed by atoms with van der Waals surface area (Å²) in [6, 6.07) is 9.50. The minimum atomic E-state index is -4.48. The number of halogens is 3. The Morgan fingerprint density at radius 3 is 2.60 bits per heavy atom. The van der Waals surface area contributed by atoms with Gasteiger partial charge < -0.3 is 10.1 Å². The van der Waals surface area contributed by atoms with Gasteiger partial charge in [0.15, 0.2) is 5.69 Å². The Morgan fingerprint density at radius 2 is 1.90 bits per heavy atom. The molecule has 0 bridgehead atoms. The maximum atomic E-state index is 12.4. The summed E-state index contributed by atoms with van der Waals surface area (Å²) in [4.78, 5) is 0. The van der Waals surface area contributed by atoms with Crippen LogP contribution in [-0.2, 0) is 6.18 Å². The van der Waals surface area contributed by atoms with Gasteiger partial charge in [-0.3, -0.25) is 0 Å². The van der Waals surface area contributed by atoms with E-state index in [4.69, 9.17) is 4.74 Å². The number of nitrogens with zero attached hydrogens (tertiary/aromatic N) is 2. The van der Waals surface area contributed by atoms with Crippen LogP contribution in [0.2, 0.25) is 0 Å². The molecule has 0 spiro atoms. The summed E-state index contributed by atoms with van der Waals surface area (Å²) in [5.74, 6) is 1.05. The molecule has 1 aromatic heterocycles. The molecule has 1 atom stereocenters. The van der Waals surface area contributed by atoms with E-state index in [0.29, 0.717) is 6.61 Å². The van der Waals surface area contributed by atoms with Crippen molar-refractivity contribution in [2.75, 3.05) is 11.9 Å². The first-order valence-electron chi connectivity index (χ1n) is 5.93. The van der Waals surface area contributed by atoms with Crippen molar-refractivity contribution in [1.82, 2.24) is 10.2 Å². The van der Waals surface area contributed by atoms with Crippen molar-refractivity contribution >= 4 is 5.82 Å². The lowest BCUT2D eigenvalue weighted by Crippen LogP contribution is -2.15. The van der Waals surface area contributed by atoms with Crippen molar-refractivity contribution in [3.8, 4) is 5.75 Å². The molecule has 3 rings (SSSR count). The zero-order valence-electron chi connectivity index (χ0n) is 10.2. The second-order valence-electron chi connectivity index (χ2n) is 4.35. The summed E-state index contributed by atoms with van der Waals surface area (Å²) < 4.78 is 42.6. The van der Waals surface area contributed by atoms with Gasteiger partial charge in [-0.25, -0.2) is 0 Å². The van der Waals surface area contributed by atoms with Crippen molar-refractivity contribution in [2.45, 2.75) is 12.2 Å². The van der Waals surface area contributed by atoms with Crippen molar-refractivity contribution in [3.63, 3.8) is 0 Å². The highest BCUT2D eigenvalue weighted by Gasteiger charge is 2.33. The first-order valence-corrected chi connectivity index (χ1v) is 5.93. The van der Waals surface area contributed by atoms with Crippen LogP contribution in [0.15, 0.2) is 36.4 Å². The highest BCUT2D eigenvalue weighted by atomic mass is 19.4. The number of nitrogens with one attached hydrogen (secondary N) is 1. The molecule has 4 nitrogen and oxygen atoms in total. The summed E-state index contributed by atoms with van der Waals surface area (Å²) in [6.45, 7) is 0.405. The van der Waals surface area contributed by atoms with E-state index >= 15 is 0 Å². The molecule has 20 heavy (non-hydrogen) atoms. The molecule has 104 valence electrons. The van der Waals surface area contributed by atoms with Crippen molar-refractivity contribution in [3.05, 3.63) is 47.7 Å². The molecule has 1 N–H and O–H groups in total. The van der Waals surface area contributed by atoms with Crippen LogP contribution in [0.1, 0.15) is 17.3 Å². The molecule has 0 fully saturated rings. The average molecular weight is 281 g/mol. The quantitative estimate of drug-likeness (QED) is 0.919. The normalized spacial score (nSPS) is 17.4. The Morgan fingerprint density at radius 1 is 1.10 bits per heavy atom. The van der Waals surface area contributed by atoms with Gasteiger partial charge in [0, 0.05) is 5.56 Å². The summed E-state index contributed by atoms with van der Waals surface area (Å²) in [5.41, 5.74) is -0.0553.